The molecule has 2 atom stereocenters. The van der Waals surface area contributed by atoms with E-state index in [-0.39, 0.29) is 11.9 Å². The van der Waals surface area contributed by atoms with Gasteiger partial charge in [0, 0.05) is 16.6 Å². The van der Waals surface area contributed by atoms with E-state index in [9.17, 15) is 9.59 Å². The second-order valence-electron chi connectivity index (χ2n) is 7.65. The number of H-pyrrole nitrogens is 1. The van der Waals surface area contributed by atoms with E-state index in [1.165, 1.54) is 0 Å². The van der Waals surface area contributed by atoms with Crippen molar-refractivity contribution in [3.63, 3.8) is 0 Å². The molecule has 0 radical (unpaired) electrons. The molecule has 0 saturated heterocycles. The van der Waals surface area contributed by atoms with Crippen LogP contribution in [-0.4, -0.2) is 22.9 Å². The van der Waals surface area contributed by atoms with E-state index in [2.05, 4.69) is 16.4 Å². The molecule has 1 aliphatic heterocycles. The minimum absolute atomic E-state index is 0.229. The van der Waals surface area contributed by atoms with Gasteiger partial charge in [-0.1, -0.05) is 48.5 Å². The zero-order valence-corrected chi connectivity index (χ0v) is 16.7. The normalized spacial score (nSPS) is 17.8. The van der Waals surface area contributed by atoms with Crippen LogP contribution < -0.4 is 15.8 Å². The van der Waals surface area contributed by atoms with Crippen molar-refractivity contribution in [3.8, 4) is 5.75 Å². The molecule has 0 saturated carbocycles. The van der Waals surface area contributed by atoms with E-state index in [1.54, 1.807) is 36.4 Å². The number of nitrogens with one attached hydrogen (secondary N) is 2. The average Bonchev–Trinajstić information content (AvgIpc) is 3.18. The third-order valence-electron chi connectivity index (χ3n) is 5.69. The lowest BCUT2D eigenvalue weighted by molar-refractivity contribution is -0.120. The van der Waals surface area contributed by atoms with Crippen LogP contribution in [0.3, 0.4) is 0 Å². The molecule has 6 nitrogen and oxygen atoms in total. The number of carbonyl (C=O) groups excluding carboxylic acids is 2. The summed E-state index contributed by atoms with van der Waals surface area (Å²) in [5.41, 5.74) is 10.2. The quantitative estimate of drug-likeness (QED) is 0.354. The number of amides is 1. The molecule has 0 bridgehead atoms. The number of aromatic amines is 1. The Hall–Kier alpha value is -3.90. The van der Waals surface area contributed by atoms with Crippen LogP contribution in [0.1, 0.15) is 33.2 Å². The number of benzene rings is 3. The second kappa shape index (κ2) is 7.74. The molecule has 2 heterocycles. The number of carbonyl (C=O) groups is 2. The van der Waals surface area contributed by atoms with Crippen LogP contribution >= 0.6 is 0 Å². The first-order valence-electron chi connectivity index (χ1n) is 10.1. The second-order valence-corrected chi connectivity index (χ2v) is 7.65. The molecule has 6 heteroatoms. The molecular weight excluding hydrogens is 390 g/mol. The first kappa shape index (κ1) is 19.1. The van der Waals surface area contributed by atoms with Crippen LogP contribution in [0.25, 0.3) is 10.9 Å². The van der Waals surface area contributed by atoms with Gasteiger partial charge in [-0.3, -0.25) is 10.1 Å². The summed E-state index contributed by atoms with van der Waals surface area (Å²) in [7, 11) is 0. The first-order valence-corrected chi connectivity index (χ1v) is 10.1. The predicted molar refractivity (Wildman–Crippen MR) is 118 cm³/mol. The fourth-order valence-electron chi connectivity index (χ4n) is 4.15. The van der Waals surface area contributed by atoms with Gasteiger partial charge in [0.2, 0.25) is 5.91 Å². The lowest BCUT2D eigenvalue weighted by Crippen LogP contribution is -2.48. The number of rotatable bonds is 4. The van der Waals surface area contributed by atoms with Crippen molar-refractivity contribution in [3.05, 3.63) is 101 Å². The summed E-state index contributed by atoms with van der Waals surface area (Å²) >= 11 is 0. The van der Waals surface area contributed by atoms with Gasteiger partial charge >= 0.3 is 5.97 Å². The van der Waals surface area contributed by atoms with E-state index in [0.717, 1.165) is 27.7 Å². The summed E-state index contributed by atoms with van der Waals surface area (Å²) in [6, 6.07) is 23.5. The van der Waals surface area contributed by atoms with E-state index >= 15 is 0 Å². The molecule has 4 N–H and O–H groups in total. The Kier molecular flexibility index (Phi) is 4.76. The van der Waals surface area contributed by atoms with Crippen molar-refractivity contribution in [1.29, 1.82) is 0 Å². The molecule has 3 aromatic carbocycles. The highest BCUT2D eigenvalue weighted by Crippen LogP contribution is 2.35. The minimum Gasteiger partial charge on any atom is -0.423 e. The highest BCUT2D eigenvalue weighted by atomic mass is 16.5. The number of hydrogen-bond donors (Lipinski definition) is 3. The molecular formula is C25H21N3O3. The standard InChI is InChI=1S/C25H21N3O3/c26-24(29)21-14-19-18-8-4-5-9-20(18)27-23(19)22(28-21)15-10-12-17(13-11-15)31-25(30)16-6-2-1-3-7-16/h1-13,21-22,27-28H,14H2,(H2,26,29)/t21-,22?/m1/s1. The number of primary amides is 1. The highest BCUT2D eigenvalue weighted by Gasteiger charge is 2.32. The molecule has 1 amide bonds. The third kappa shape index (κ3) is 3.58. The first-order chi connectivity index (χ1) is 15.1. The Labute approximate surface area is 179 Å². The molecule has 154 valence electrons. The molecule has 1 aromatic heterocycles. The number of aromatic nitrogens is 1. The van der Waals surface area contributed by atoms with Gasteiger partial charge in [-0.25, -0.2) is 4.79 Å². The number of esters is 1. The van der Waals surface area contributed by atoms with E-state index in [4.69, 9.17) is 10.5 Å². The molecule has 4 aromatic rings. The highest BCUT2D eigenvalue weighted by molar-refractivity contribution is 5.91. The van der Waals surface area contributed by atoms with Crippen molar-refractivity contribution >= 4 is 22.8 Å². The number of hydrogen-bond acceptors (Lipinski definition) is 4. The Morgan fingerprint density at radius 1 is 0.903 bits per heavy atom. The summed E-state index contributed by atoms with van der Waals surface area (Å²) in [5, 5.41) is 4.46. The molecule has 0 fully saturated rings. The Morgan fingerprint density at radius 3 is 2.35 bits per heavy atom. The van der Waals surface area contributed by atoms with E-state index in [0.29, 0.717) is 17.7 Å². The summed E-state index contributed by atoms with van der Waals surface area (Å²) in [4.78, 5) is 27.8. The molecule has 5 rings (SSSR count). The monoisotopic (exact) mass is 411 g/mol. The fraction of sp³-hybridized carbons (Fsp3) is 0.120. The van der Waals surface area contributed by atoms with Gasteiger partial charge in [-0.15, -0.1) is 0 Å². The zero-order chi connectivity index (χ0) is 21.4. The Morgan fingerprint density at radius 2 is 1.61 bits per heavy atom. The lowest BCUT2D eigenvalue weighted by Gasteiger charge is -2.30. The summed E-state index contributed by atoms with van der Waals surface area (Å²) in [6.45, 7) is 0. The molecule has 0 aliphatic carbocycles. The SMILES string of the molecule is NC(=O)[C@H]1Cc2c([nH]c3ccccc23)C(c2ccc(OC(=O)c3ccccc3)cc2)N1. The van der Waals surface area contributed by atoms with Gasteiger partial charge in [0.15, 0.2) is 0 Å². The topological polar surface area (TPSA) is 97.2 Å². The van der Waals surface area contributed by atoms with Crippen LogP contribution in [0.5, 0.6) is 5.75 Å². The number of nitrogens with two attached hydrogens (primary N) is 1. The average molecular weight is 411 g/mol. The minimum atomic E-state index is -0.465. The van der Waals surface area contributed by atoms with Crippen LogP contribution in [0.2, 0.25) is 0 Å². The molecule has 1 aliphatic rings. The fourth-order valence-corrected chi connectivity index (χ4v) is 4.15. The van der Waals surface area contributed by atoms with Crippen molar-refractivity contribution in [2.45, 2.75) is 18.5 Å². The van der Waals surface area contributed by atoms with Crippen molar-refractivity contribution in [2.75, 3.05) is 0 Å². The van der Waals surface area contributed by atoms with Gasteiger partial charge in [0.1, 0.15) is 5.75 Å². The zero-order valence-electron chi connectivity index (χ0n) is 16.7. The molecule has 1 unspecified atom stereocenters. The molecule has 31 heavy (non-hydrogen) atoms. The third-order valence-corrected chi connectivity index (χ3v) is 5.69. The lowest BCUT2D eigenvalue weighted by atomic mass is 9.90. The maximum Gasteiger partial charge on any atom is 0.343 e. The van der Waals surface area contributed by atoms with E-state index < -0.39 is 12.0 Å². The predicted octanol–water partition coefficient (Wildman–Crippen LogP) is 3.48. The number of fused-ring (bicyclic) bond motifs is 3. The maximum atomic E-state index is 12.3. The van der Waals surface area contributed by atoms with Crippen molar-refractivity contribution < 1.29 is 14.3 Å². The van der Waals surface area contributed by atoms with Crippen molar-refractivity contribution in [1.82, 2.24) is 10.3 Å². The smallest absolute Gasteiger partial charge is 0.343 e. The summed E-state index contributed by atoms with van der Waals surface area (Å²) < 4.78 is 5.48. The van der Waals surface area contributed by atoms with Crippen LogP contribution in [0.4, 0.5) is 0 Å². The summed E-state index contributed by atoms with van der Waals surface area (Å²) in [6.07, 6.45) is 0.540. The Bertz CT molecular complexity index is 1260. The van der Waals surface area contributed by atoms with Crippen LogP contribution in [0, 0.1) is 0 Å². The van der Waals surface area contributed by atoms with E-state index in [1.807, 2.05) is 36.4 Å². The van der Waals surface area contributed by atoms with Crippen LogP contribution in [-0.2, 0) is 11.2 Å². The van der Waals surface area contributed by atoms with Gasteiger partial charge in [0.05, 0.1) is 17.6 Å². The van der Waals surface area contributed by atoms with Gasteiger partial charge in [-0.05, 0) is 47.9 Å². The Balaban J connectivity index is 1.45. The van der Waals surface area contributed by atoms with Gasteiger partial charge in [-0.2, -0.15) is 0 Å². The largest absolute Gasteiger partial charge is 0.423 e. The number of para-hydroxylation sites is 1. The number of ether oxygens (including phenoxy) is 1. The summed E-state index contributed by atoms with van der Waals surface area (Å²) in [5.74, 6) is -0.332. The van der Waals surface area contributed by atoms with Gasteiger partial charge < -0.3 is 15.5 Å². The molecule has 0 spiro atoms. The van der Waals surface area contributed by atoms with Crippen LogP contribution in [0.15, 0.2) is 78.9 Å². The van der Waals surface area contributed by atoms with Gasteiger partial charge in [0.25, 0.3) is 0 Å². The maximum absolute atomic E-state index is 12.3. The van der Waals surface area contributed by atoms with Crippen molar-refractivity contribution in [2.24, 2.45) is 5.73 Å².